The highest BCUT2D eigenvalue weighted by Crippen LogP contribution is 2.30. The molecule has 0 spiro atoms. The summed E-state index contributed by atoms with van der Waals surface area (Å²) in [5, 5.41) is 57.0. The average Bonchev–Trinajstić information content (AvgIpc) is 1.64. The molecule has 0 unspecified atom stereocenters. The van der Waals surface area contributed by atoms with Gasteiger partial charge in [-0.05, 0) is 130 Å². The number of fused-ring (bicyclic) bond motifs is 5. The minimum Gasteiger partial charge on any atom is -0.481 e. The lowest BCUT2D eigenvalue weighted by Crippen LogP contribution is -2.62. The number of aromatic nitrogens is 2. The summed E-state index contributed by atoms with van der Waals surface area (Å²) in [4.78, 5) is 271. The third kappa shape index (κ3) is 28.5. The fourth-order valence-electron chi connectivity index (χ4n) is 17.9. The summed E-state index contributed by atoms with van der Waals surface area (Å²) in [6.45, 7) is 5.08. The van der Waals surface area contributed by atoms with Crippen LogP contribution in [-0.4, -0.2) is 293 Å². The van der Waals surface area contributed by atoms with Gasteiger partial charge in [0.2, 0.25) is 94.5 Å². The quantitative estimate of drug-likeness (QED) is 0.0318. The Balaban J connectivity index is 1.10. The second-order valence-electron chi connectivity index (χ2n) is 35.4. The number of unbranched alkanes of at least 4 members (excludes halogenated alkanes) is 3. The Morgan fingerprint density at radius 1 is 0.500 bits per heavy atom. The standard InChI is InChI=1S/C92H129ClN20O21/c1-7-9-11-26-70-84(126)103-63(40-51(3)4)81(123)100-60(79(97)121)23-18-29-76(116)99-65(41-52-30-32-55(93)33-31-52)90(132)111-38-17-16-27-71(111)85(127)106-67(45-75(96)115)91(133)112-39-19-28-72(112)86(128)107-68(46-95)83(125)102-62(34-35-77(117)118)89(131)113-49-56(114)44-74(113)87(129)104-64(42-53-47-98-59-22-14-12-20-57(53)59)82(124)101-61(36-37-94)80(122)105-66(88(130)109(6)73(24-10-8-2)92(134)108(70)5)43-54-48-110(50-78(119)120)69-25-15-13-21-58(54)69/h12-15,20-22,25,30-33,47-48,51,56,60-68,70-74,98,114H,7-11,16-19,23-24,26-29,34-46,49-50,94-95H2,1-6H3,(H2,96,115)(H2,97,121)(H,99,116)(H,100,123)(H,101,124)(H,102,125)(H,103,126)(H,104,129)(H,105,122)(H,106,127)(H,107,128)(H,117,118)(H,119,120)/t56-,60+,61+,62+,63+,64+,65+,66+,67+,68+,70+,71+,72+,73+,74+/m1/s1. The molecule has 0 radical (unpaired) electrons. The molecule has 4 aliphatic heterocycles. The molecule has 0 saturated carbocycles. The molecule has 9 rings (SSSR count). The van der Waals surface area contributed by atoms with Crippen molar-refractivity contribution in [3.05, 3.63) is 107 Å². The van der Waals surface area contributed by atoms with E-state index in [2.05, 4.69) is 52.8 Å². The van der Waals surface area contributed by atoms with Crippen molar-refractivity contribution in [1.82, 2.24) is 81.9 Å². The molecule has 0 bridgehead atoms. The van der Waals surface area contributed by atoms with Crippen molar-refractivity contribution in [1.29, 1.82) is 0 Å². The Bertz CT molecular complexity index is 5070. The molecule has 42 heteroatoms. The number of hydrogen-bond acceptors (Lipinski definition) is 21. The number of piperidine rings is 1. The third-order valence-corrected chi connectivity index (χ3v) is 25.2. The molecule has 730 valence electrons. The van der Waals surface area contributed by atoms with Gasteiger partial charge in [-0.2, -0.15) is 0 Å². The molecule has 16 amide bonds. The average molecular weight is 1890 g/mol. The number of aromatic amines is 1. The summed E-state index contributed by atoms with van der Waals surface area (Å²) >= 11 is 6.28. The van der Waals surface area contributed by atoms with Crippen molar-refractivity contribution < 1.29 is 102 Å². The Kier molecular flexibility index (Phi) is 39.1. The highest BCUT2D eigenvalue weighted by molar-refractivity contribution is 6.30. The number of likely N-dealkylation sites (N-methyl/N-ethyl adjacent to an activating group) is 2. The van der Waals surface area contributed by atoms with E-state index in [1.54, 1.807) is 92.8 Å². The van der Waals surface area contributed by atoms with E-state index in [1.165, 1.54) is 34.7 Å². The highest BCUT2D eigenvalue weighted by Gasteiger charge is 2.47. The van der Waals surface area contributed by atoms with Crippen molar-refractivity contribution in [3.8, 4) is 0 Å². The van der Waals surface area contributed by atoms with Crippen molar-refractivity contribution >= 4 is 140 Å². The van der Waals surface area contributed by atoms with Gasteiger partial charge in [0.25, 0.3) is 0 Å². The largest absolute Gasteiger partial charge is 0.481 e. The fraction of sp³-hybridized carbons (Fsp3) is 0.565. The molecule has 2 aromatic heterocycles. The normalized spacial score (nSPS) is 25.4. The van der Waals surface area contributed by atoms with Crippen molar-refractivity contribution in [2.45, 2.75) is 279 Å². The molecule has 41 nitrogen and oxygen atoms in total. The summed E-state index contributed by atoms with van der Waals surface area (Å²) < 4.78 is 1.44. The first kappa shape index (κ1) is 105. The van der Waals surface area contributed by atoms with E-state index in [1.807, 2.05) is 13.8 Å². The summed E-state index contributed by atoms with van der Waals surface area (Å²) in [6, 6.07) is -1.64. The van der Waals surface area contributed by atoms with Gasteiger partial charge in [-0.15, -0.1) is 0 Å². The van der Waals surface area contributed by atoms with Gasteiger partial charge in [0, 0.05) is 118 Å². The zero-order valence-electron chi connectivity index (χ0n) is 76.6. The number of nitrogens with two attached hydrogens (primary N) is 4. The first-order chi connectivity index (χ1) is 63.8. The van der Waals surface area contributed by atoms with Gasteiger partial charge in [-0.3, -0.25) is 86.3 Å². The minimum absolute atomic E-state index is 0.00887. The second-order valence-corrected chi connectivity index (χ2v) is 35.9. The summed E-state index contributed by atoms with van der Waals surface area (Å²) in [5.41, 5.74) is 26.5. The number of H-pyrrole nitrogens is 1. The molecule has 21 N–H and O–H groups in total. The third-order valence-electron chi connectivity index (χ3n) is 25.0. The molecule has 4 saturated heterocycles. The number of rotatable bonds is 26. The SMILES string of the molecule is CCCCC[C@H]1C(=O)N[C@@H](CC(C)C)C(=O)N[C@H](C(N)=O)CCCC(=O)N[C@@H](Cc2ccc(Cl)cc2)C(=O)N2CCCC[C@H]2C(=O)N[C@@H](CC(N)=O)C(=O)N2CCC[C@H]2C(=O)N[C@@H](CN)C(=O)N[C@@H](CCC(=O)O)C(=O)N2C[C@H](O)C[C@H]2C(=O)N[C@@H](Cc2c[nH]c3ccccc23)C(=O)N[C@@H](CCN)C(=O)N[C@@H](Cc2cn(CC(=O)O)c3ccccc23)C(=O)N(C)[C@@H](CCCC)C(=O)N1C. The van der Waals surface area contributed by atoms with Crippen LogP contribution in [0.3, 0.4) is 0 Å². The zero-order chi connectivity index (χ0) is 97.9. The summed E-state index contributed by atoms with van der Waals surface area (Å²) in [7, 11) is 2.73. The van der Waals surface area contributed by atoms with Gasteiger partial charge < -0.3 is 120 Å². The Morgan fingerprint density at radius 2 is 1.05 bits per heavy atom. The molecule has 0 aliphatic carbocycles. The van der Waals surface area contributed by atoms with E-state index in [9.17, 15) is 63.3 Å². The van der Waals surface area contributed by atoms with Crippen molar-refractivity contribution in [2.75, 3.05) is 46.8 Å². The molecule has 3 aromatic carbocycles. The topological polar surface area (TPSA) is 617 Å². The summed E-state index contributed by atoms with van der Waals surface area (Å²) in [5.74, 6) is -17.9. The number of aliphatic hydroxyl groups is 1. The van der Waals surface area contributed by atoms with E-state index < -0.39 is 242 Å². The van der Waals surface area contributed by atoms with Crippen LogP contribution >= 0.6 is 11.6 Å². The van der Waals surface area contributed by atoms with Gasteiger partial charge in [0.15, 0.2) is 0 Å². The number of amides is 16. The highest BCUT2D eigenvalue weighted by atomic mass is 35.5. The number of aliphatic carboxylic acids is 2. The fourth-order valence-corrected chi connectivity index (χ4v) is 18.0. The number of benzene rings is 3. The lowest BCUT2D eigenvalue weighted by molar-refractivity contribution is -0.149. The van der Waals surface area contributed by atoms with Crippen LogP contribution in [0.1, 0.15) is 179 Å². The number of carbonyl (C=O) groups is 18. The first-order valence-electron chi connectivity index (χ1n) is 46.0. The van der Waals surface area contributed by atoms with Crippen LogP contribution in [0.2, 0.25) is 5.02 Å². The number of primary amides is 2. The number of carboxylic acid groups (broad SMARTS) is 2. The Hall–Kier alpha value is -12.6. The van der Waals surface area contributed by atoms with Crippen molar-refractivity contribution in [2.24, 2.45) is 28.9 Å². The van der Waals surface area contributed by atoms with Crippen molar-refractivity contribution in [3.63, 3.8) is 0 Å². The van der Waals surface area contributed by atoms with Crippen LogP contribution in [0.25, 0.3) is 21.8 Å². The number of aliphatic hydroxyl groups excluding tert-OH is 1. The second kappa shape index (κ2) is 49.9. The number of nitrogens with zero attached hydrogens (tertiary/aromatic N) is 6. The number of hydrogen-bond donors (Lipinski definition) is 17. The van der Waals surface area contributed by atoms with E-state index in [0.717, 1.165) is 14.7 Å². The van der Waals surface area contributed by atoms with E-state index in [4.69, 9.17) is 34.5 Å². The van der Waals surface area contributed by atoms with Gasteiger partial charge in [0.1, 0.15) is 91.1 Å². The maximum absolute atomic E-state index is 16.0. The van der Waals surface area contributed by atoms with E-state index in [-0.39, 0.29) is 109 Å². The number of carbonyl (C=O) groups excluding carboxylic acids is 16. The molecule has 4 fully saturated rings. The van der Waals surface area contributed by atoms with Crippen LogP contribution in [0, 0.1) is 5.92 Å². The lowest BCUT2D eigenvalue weighted by atomic mass is 9.97. The molecule has 5 aromatic rings. The first-order valence-corrected chi connectivity index (χ1v) is 46.4. The zero-order valence-corrected chi connectivity index (χ0v) is 77.4. The minimum atomic E-state index is -1.84. The van der Waals surface area contributed by atoms with Crippen LogP contribution in [0.15, 0.2) is 85.2 Å². The monoisotopic (exact) mass is 1880 g/mol. The smallest absolute Gasteiger partial charge is 0.323 e. The molecule has 6 heterocycles. The van der Waals surface area contributed by atoms with E-state index >= 15 is 38.4 Å². The number of para-hydroxylation sites is 2. The molecule has 4 aliphatic rings. The Morgan fingerprint density at radius 3 is 1.70 bits per heavy atom. The predicted octanol–water partition coefficient (Wildman–Crippen LogP) is -0.227. The predicted molar refractivity (Wildman–Crippen MR) is 491 cm³/mol. The van der Waals surface area contributed by atoms with Gasteiger partial charge in [-0.1, -0.05) is 120 Å². The van der Waals surface area contributed by atoms with Crippen LogP contribution in [0.4, 0.5) is 0 Å². The van der Waals surface area contributed by atoms with Crippen LogP contribution in [-0.2, 0) is 112 Å². The molecular formula is C92H129ClN20O21. The maximum Gasteiger partial charge on any atom is 0.323 e. The number of nitrogens with one attached hydrogen (secondary N) is 10. The molecular weight excluding hydrogens is 1760 g/mol. The number of halogens is 1. The number of carboxylic acids is 2. The summed E-state index contributed by atoms with van der Waals surface area (Å²) in [6.07, 6.45) is 0.367. The van der Waals surface area contributed by atoms with Gasteiger partial charge >= 0.3 is 11.9 Å². The Labute approximate surface area is 781 Å². The van der Waals surface area contributed by atoms with E-state index in [0.29, 0.717) is 88.5 Å². The lowest BCUT2D eigenvalue weighted by Gasteiger charge is -2.38. The van der Waals surface area contributed by atoms with Crippen LogP contribution in [0.5, 0.6) is 0 Å². The van der Waals surface area contributed by atoms with Crippen LogP contribution < -0.4 is 70.8 Å². The molecule has 134 heavy (non-hydrogen) atoms. The molecule has 15 atom stereocenters. The van der Waals surface area contributed by atoms with Gasteiger partial charge in [0.05, 0.1) is 12.5 Å². The van der Waals surface area contributed by atoms with Gasteiger partial charge in [-0.25, -0.2) is 0 Å². The maximum atomic E-state index is 16.0.